The molecule has 0 aliphatic carbocycles. The van der Waals surface area contributed by atoms with Gasteiger partial charge in [-0.3, -0.25) is 14.7 Å². The normalized spacial score (nSPS) is 9.88. The van der Waals surface area contributed by atoms with Crippen LogP contribution in [0.3, 0.4) is 0 Å². The number of halogens is 1. The molecule has 7 heteroatoms. The Bertz CT molecular complexity index is 629. The van der Waals surface area contributed by atoms with Crippen LogP contribution in [0.1, 0.15) is 5.69 Å². The second-order valence-corrected chi connectivity index (χ2v) is 4.04. The van der Waals surface area contributed by atoms with E-state index in [2.05, 4.69) is 20.9 Å². The van der Waals surface area contributed by atoms with Gasteiger partial charge in [-0.15, -0.1) is 0 Å². The molecule has 2 rings (SSSR count). The largest absolute Gasteiger partial charge is 0.313 e. The number of hydrogen-bond acceptors (Lipinski definition) is 4. The summed E-state index contributed by atoms with van der Waals surface area (Å²) in [6, 6.07) is 6.49. The van der Waals surface area contributed by atoms with Gasteiger partial charge in [0.1, 0.15) is 11.8 Å². The minimum atomic E-state index is -0.533. The average Bonchev–Trinajstić information content (AvgIpc) is 2.76. The number of nitrogens with zero attached hydrogens (tertiary/aromatic N) is 4. The Morgan fingerprint density at radius 1 is 1.59 bits per heavy atom. The monoisotopic (exact) mass is 292 g/mol. The Kier molecular flexibility index (Phi) is 2.89. The summed E-state index contributed by atoms with van der Waals surface area (Å²) in [5.41, 5.74) is 0.134. The van der Waals surface area contributed by atoms with Gasteiger partial charge in [0.2, 0.25) is 5.82 Å². The molecule has 2 aromatic rings. The van der Waals surface area contributed by atoms with Crippen molar-refractivity contribution in [3.05, 3.63) is 50.9 Å². The van der Waals surface area contributed by atoms with E-state index in [1.54, 1.807) is 18.3 Å². The Hall–Kier alpha value is -2.20. The van der Waals surface area contributed by atoms with Crippen molar-refractivity contribution < 1.29 is 4.92 Å². The molecule has 0 unspecified atom stereocenters. The molecule has 17 heavy (non-hydrogen) atoms. The molecule has 0 atom stereocenters. The zero-order valence-electron chi connectivity index (χ0n) is 8.37. The zero-order chi connectivity index (χ0) is 12.4. The van der Waals surface area contributed by atoms with Gasteiger partial charge in [-0.25, -0.2) is 4.98 Å². The van der Waals surface area contributed by atoms with Crippen LogP contribution in [0.25, 0.3) is 5.82 Å². The van der Waals surface area contributed by atoms with E-state index in [9.17, 15) is 10.1 Å². The molecule has 0 fully saturated rings. The van der Waals surface area contributed by atoms with E-state index < -0.39 is 4.92 Å². The topological polar surface area (TPSA) is 84.8 Å². The van der Waals surface area contributed by atoms with Crippen molar-refractivity contribution in [2.75, 3.05) is 0 Å². The SMILES string of the molecule is N#Cc1cccn1-c1ncc(Br)cc1[N+](=O)[O-]. The van der Waals surface area contributed by atoms with E-state index in [1.165, 1.54) is 16.8 Å². The van der Waals surface area contributed by atoms with Gasteiger partial charge in [-0.05, 0) is 28.1 Å². The number of rotatable bonds is 2. The third-order valence-corrected chi connectivity index (χ3v) is 2.54. The summed E-state index contributed by atoms with van der Waals surface area (Å²) in [5, 5.41) is 19.8. The lowest BCUT2D eigenvalue weighted by molar-refractivity contribution is -0.384. The Labute approximate surface area is 104 Å². The van der Waals surface area contributed by atoms with Crippen molar-refractivity contribution in [3.8, 4) is 11.9 Å². The summed E-state index contributed by atoms with van der Waals surface area (Å²) >= 11 is 3.12. The highest BCUT2D eigenvalue weighted by atomic mass is 79.9. The average molecular weight is 293 g/mol. The van der Waals surface area contributed by atoms with E-state index in [1.807, 2.05) is 6.07 Å². The maximum Gasteiger partial charge on any atom is 0.313 e. The molecule has 0 aliphatic heterocycles. The Morgan fingerprint density at radius 3 is 3.00 bits per heavy atom. The van der Waals surface area contributed by atoms with Crippen LogP contribution in [0.15, 0.2) is 35.1 Å². The molecule has 2 heterocycles. The van der Waals surface area contributed by atoms with Crippen molar-refractivity contribution >= 4 is 21.6 Å². The number of pyridine rings is 1. The second kappa shape index (κ2) is 4.35. The predicted octanol–water partition coefficient (Wildman–Crippen LogP) is 2.41. The van der Waals surface area contributed by atoms with Gasteiger partial charge in [-0.2, -0.15) is 5.26 Å². The highest BCUT2D eigenvalue weighted by Crippen LogP contribution is 2.25. The summed E-state index contributed by atoms with van der Waals surface area (Å²) in [6.45, 7) is 0. The molecule has 0 saturated carbocycles. The summed E-state index contributed by atoms with van der Waals surface area (Å²) in [4.78, 5) is 14.4. The Morgan fingerprint density at radius 2 is 2.35 bits per heavy atom. The van der Waals surface area contributed by atoms with Crippen molar-refractivity contribution in [3.63, 3.8) is 0 Å². The minimum absolute atomic E-state index is 0.125. The molecular formula is C10H5BrN4O2. The van der Waals surface area contributed by atoms with Crippen LogP contribution >= 0.6 is 15.9 Å². The van der Waals surface area contributed by atoms with Crippen molar-refractivity contribution in [1.29, 1.82) is 5.26 Å². The maximum atomic E-state index is 10.9. The van der Waals surface area contributed by atoms with Crippen LogP contribution in [0, 0.1) is 21.4 Å². The van der Waals surface area contributed by atoms with Crippen molar-refractivity contribution in [2.45, 2.75) is 0 Å². The molecule has 0 saturated heterocycles. The summed E-state index contributed by atoms with van der Waals surface area (Å²) in [5.74, 6) is 0.125. The first kappa shape index (κ1) is 11.3. The predicted molar refractivity (Wildman–Crippen MR) is 62.6 cm³/mol. The molecule has 0 radical (unpaired) electrons. The maximum absolute atomic E-state index is 10.9. The van der Waals surface area contributed by atoms with Crippen LogP contribution in [-0.2, 0) is 0 Å². The quantitative estimate of drug-likeness (QED) is 0.628. The van der Waals surface area contributed by atoms with Crippen molar-refractivity contribution in [1.82, 2.24) is 9.55 Å². The smallest absolute Gasteiger partial charge is 0.287 e. The fraction of sp³-hybridized carbons (Fsp3) is 0. The van der Waals surface area contributed by atoms with Gasteiger partial charge in [0.25, 0.3) is 0 Å². The molecule has 6 nitrogen and oxygen atoms in total. The van der Waals surface area contributed by atoms with Crippen LogP contribution < -0.4 is 0 Å². The van der Waals surface area contributed by atoms with E-state index in [-0.39, 0.29) is 11.5 Å². The third-order valence-electron chi connectivity index (χ3n) is 2.10. The first-order valence-corrected chi connectivity index (χ1v) is 5.30. The zero-order valence-corrected chi connectivity index (χ0v) is 9.96. The number of hydrogen-bond donors (Lipinski definition) is 0. The fourth-order valence-corrected chi connectivity index (χ4v) is 1.72. The third kappa shape index (κ3) is 2.03. The standard InChI is InChI=1S/C10H5BrN4O2/c11-7-4-9(15(16)17)10(13-6-7)14-3-1-2-8(14)5-12/h1-4,6H. The first-order valence-electron chi connectivity index (χ1n) is 4.51. The fourth-order valence-electron chi connectivity index (χ4n) is 1.40. The number of aromatic nitrogens is 2. The lowest BCUT2D eigenvalue weighted by Gasteiger charge is -2.04. The first-order chi connectivity index (χ1) is 8.13. The van der Waals surface area contributed by atoms with Gasteiger partial charge in [0, 0.05) is 22.9 Å². The lowest BCUT2D eigenvalue weighted by Crippen LogP contribution is -2.03. The van der Waals surface area contributed by atoms with Gasteiger partial charge in [0.15, 0.2) is 0 Å². The molecule has 2 aromatic heterocycles. The lowest BCUT2D eigenvalue weighted by atomic mass is 10.3. The van der Waals surface area contributed by atoms with Gasteiger partial charge >= 0.3 is 5.69 Å². The van der Waals surface area contributed by atoms with Crippen molar-refractivity contribution in [2.24, 2.45) is 0 Å². The molecular weight excluding hydrogens is 288 g/mol. The molecule has 0 N–H and O–H groups in total. The van der Waals surface area contributed by atoms with Gasteiger partial charge in [-0.1, -0.05) is 0 Å². The van der Waals surface area contributed by atoms with E-state index in [0.717, 1.165) is 0 Å². The van der Waals surface area contributed by atoms with Gasteiger partial charge < -0.3 is 0 Å². The molecule has 0 spiro atoms. The van der Waals surface area contributed by atoms with Crippen LogP contribution in [0.4, 0.5) is 5.69 Å². The van der Waals surface area contributed by atoms with E-state index in [4.69, 9.17) is 5.26 Å². The van der Waals surface area contributed by atoms with E-state index >= 15 is 0 Å². The highest BCUT2D eigenvalue weighted by molar-refractivity contribution is 9.10. The van der Waals surface area contributed by atoms with Gasteiger partial charge in [0.05, 0.1) is 4.92 Å². The molecule has 0 aromatic carbocycles. The molecule has 0 amide bonds. The summed E-state index contributed by atoms with van der Waals surface area (Å²) < 4.78 is 1.89. The molecule has 84 valence electrons. The molecule has 0 bridgehead atoms. The van der Waals surface area contributed by atoms with Crippen LogP contribution in [0.5, 0.6) is 0 Å². The second-order valence-electron chi connectivity index (χ2n) is 3.13. The van der Waals surface area contributed by atoms with Crippen LogP contribution in [0.2, 0.25) is 0 Å². The van der Waals surface area contributed by atoms with Crippen LogP contribution in [-0.4, -0.2) is 14.5 Å². The summed E-state index contributed by atoms with van der Waals surface area (Å²) in [7, 11) is 0. The summed E-state index contributed by atoms with van der Waals surface area (Å²) in [6.07, 6.45) is 3.01. The van der Waals surface area contributed by atoms with E-state index in [0.29, 0.717) is 10.2 Å². The number of nitriles is 1. The number of nitro groups is 1. The molecule has 0 aliphatic rings. The Balaban J connectivity index is 2.68. The highest BCUT2D eigenvalue weighted by Gasteiger charge is 2.18. The minimum Gasteiger partial charge on any atom is -0.287 e.